The third-order valence-electron chi connectivity index (χ3n) is 3.99. The van der Waals surface area contributed by atoms with Crippen LogP contribution in [0.25, 0.3) is 0 Å². The van der Waals surface area contributed by atoms with Gasteiger partial charge >= 0.3 is 5.97 Å². The van der Waals surface area contributed by atoms with Crippen molar-refractivity contribution in [2.45, 2.75) is 25.9 Å². The van der Waals surface area contributed by atoms with Crippen LogP contribution in [0.15, 0.2) is 50.4 Å². The molecule has 0 aliphatic heterocycles. The van der Waals surface area contributed by atoms with E-state index >= 15 is 0 Å². The SMILES string of the molecule is C[C@@H](OC(=O)[C@H]1CC=CC[C@@H]1C(=O)Nc1cccc(Br)c1)C(Cl)=C(Cl)Cl. The van der Waals surface area contributed by atoms with Crippen molar-refractivity contribution in [1.29, 1.82) is 0 Å². The molecule has 1 aliphatic carbocycles. The first-order valence-corrected chi connectivity index (χ1v) is 9.85. The van der Waals surface area contributed by atoms with Gasteiger partial charge in [-0.05, 0) is 38.0 Å². The molecule has 26 heavy (non-hydrogen) atoms. The van der Waals surface area contributed by atoms with Crippen molar-refractivity contribution in [1.82, 2.24) is 0 Å². The van der Waals surface area contributed by atoms with E-state index in [4.69, 9.17) is 39.5 Å². The molecule has 0 spiro atoms. The second-order valence-electron chi connectivity index (χ2n) is 5.84. The quantitative estimate of drug-likeness (QED) is 0.428. The molecule has 0 bridgehead atoms. The van der Waals surface area contributed by atoms with Crippen LogP contribution >= 0.6 is 50.7 Å². The van der Waals surface area contributed by atoms with Gasteiger partial charge in [0.05, 0.1) is 16.9 Å². The van der Waals surface area contributed by atoms with Gasteiger partial charge in [0.25, 0.3) is 0 Å². The Bertz CT molecular complexity index is 747. The summed E-state index contributed by atoms with van der Waals surface area (Å²) in [6, 6.07) is 7.25. The van der Waals surface area contributed by atoms with E-state index in [1.54, 1.807) is 19.1 Å². The van der Waals surface area contributed by atoms with Gasteiger partial charge in [0, 0.05) is 10.2 Å². The summed E-state index contributed by atoms with van der Waals surface area (Å²) in [5.74, 6) is -1.89. The number of nitrogens with one attached hydrogen (secondary N) is 1. The monoisotopic (exact) mass is 479 g/mol. The highest BCUT2D eigenvalue weighted by atomic mass is 79.9. The Morgan fingerprint density at radius 2 is 1.85 bits per heavy atom. The molecule has 0 saturated heterocycles. The molecule has 8 heteroatoms. The summed E-state index contributed by atoms with van der Waals surface area (Å²) in [6.45, 7) is 1.57. The van der Waals surface area contributed by atoms with Crippen molar-refractivity contribution < 1.29 is 14.3 Å². The average Bonchev–Trinajstić information content (AvgIpc) is 2.60. The Kier molecular flexibility index (Phi) is 8.02. The van der Waals surface area contributed by atoms with E-state index in [9.17, 15) is 9.59 Å². The highest BCUT2D eigenvalue weighted by Crippen LogP contribution is 2.30. The number of ether oxygens (including phenoxy) is 1. The second kappa shape index (κ2) is 9.79. The lowest BCUT2D eigenvalue weighted by Crippen LogP contribution is -2.36. The highest BCUT2D eigenvalue weighted by molar-refractivity contribution is 9.10. The largest absolute Gasteiger partial charge is 0.457 e. The molecule has 1 N–H and O–H groups in total. The van der Waals surface area contributed by atoms with Gasteiger partial charge in [-0.3, -0.25) is 9.59 Å². The zero-order chi connectivity index (χ0) is 19.3. The summed E-state index contributed by atoms with van der Waals surface area (Å²) in [6.07, 6.45) is 3.84. The standard InChI is InChI=1S/C18H17BrCl3NO3/c1-10(15(20)16(21)22)26-18(25)14-8-3-2-7-13(14)17(24)23-12-6-4-5-11(19)9-12/h2-6,9-10,13-14H,7-8H2,1H3,(H,23,24)/t10-,13+,14+/m1/s1. The Morgan fingerprint density at radius 1 is 1.19 bits per heavy atom. The number of carbonyl (C=O) groups is 2. The third-order valence-corrected chi connectivity index (χ3v) is 5.58. The van der Waals surface area contributed by atoms with E-state index < -0.39 is 23.9 Å². The summed E-state index contributed by atoms with van der Waals surface area (Å²) >= 11 is 20.5. The number of anilines is 1. The van der Waals surface area contributed by atoms with E-state index in [0.717, 1.165) is 4.47 Å². The van der Waals surface area contributed by atoms with Crippen molar-refractivity contribution in [3.05, 3.63) is 50.4 Å². The van der Waals surface area contributed by atoms with E-state index in [0.29, 0.717) is 18.5 Å². The Morgan fingerprint density at radius 3 is 2.46 bits per heavy atom. The van der Waals surface area contributed by atoms with Gasteiger partial charge in [-0.25, -0.2) is 0 Å². The number of benzene rings is 1. The number of rotatable bonds is 5. The fourth-order valence-electron chi connectivity index (χ4n) is 2.63. The lowest BCUT2D eigenvalue weighted by atomic mass is 9.82. The van der Waals surface area contributed by atoms with Crippen molar-refractivity contribution in [3.63, 3.8) is 0 Å². The number of amides is 1. The molecule has 0 aromatic heterocycles. The first-order chi connectivity index (χ1) is 12.3. The summed E-state index contributed by atoms with van der Waals surface area (Å²) in [7, 11) is 0. The molecule has 0 unspecified atom stereocenters. The van der Waals surface area contributed by atoms with Crippen LogP contribution < -0.4 is 5.32 Å². The average molecular weight is 482 g/mol. The zero-order valence-electron chi connectivity index (χ0n) is 13.8. The maximum Gasteiger partial charge on any atom is 0.310 e. The molecule has 3 atom stereocenters. The molecule has 1 amide bonds. The normalized spacial score (nSPS) is 20.2. The van der Waals surface area contributed by atoms with Crippen LogP contribution in [0.2, 0.25) is 0 Å². The molecule has 0 heterocycles. The molecule has 0 saturated carbocycles. The van der Waals surface area contributed by atoms with E-state index in [2.05, 4.69) is 21.2 Å². The molecular weight excluding hydrogens is 464 g/mol. The molecule has 4 nitrogen and oxygen atoms in total. The van der Waals surface area contributed by atoms with E-state index in [-0.39, 0.29) is 15.4 Å². The van der Waals surface area contributed by atoms with Crippen LogP contribution in [0.1, 0.15) is 19.8 Å². The number of hydrogen-bond donors (Lipinski definition) is 1. The number of carbonyl (C=O) groups excluding carboxylic acids is 2. The molecule has 1 aromatic rings. The van der Waals surface area contributed by atoms with Gasteiger partial charge < -0.3 is 10.1 Å². The summed E-state index contributed by atoms with van der Waals surface area (Å²) < 4.78 is 6.04. The molecule has 1 aromatic carbocycles. The number of allylic oxidation sites excluding steroid dienone is 2. The van der Waals surface area contributed by atoms with Crippen LogP contribution in [0.5, 0.6) is 0 Å². The van der Waals surface area contributed by atoms with Crippen LogP contribution in [0.4, 0.5) is 5.69 Å². The van der Waals surface area contributed by atoms with Gasteiger partial charge in [-0.1, -0.05) is 69.0 Å². The topological polar surface area (TPSA) is 55.4 Å². The van der Waals surface area contributed by atoms with Crippen LogP contribution in [0.3, 0.4) is 0 Å². The first kappa shape index (κ1) is 21.3. The summed E-state index contributed by atoms with van der Waals surface area (Å²) in [5.41, 5.74) is 0.652. The minimum Gasteiger partial charge on any atom is -0.457 e. The van der Waals surface area contributed by atoms with Crippen LogP contribution in [-0.4, -0.2) is 18.0 Å². The van der Waals surface area contributed by atoms with Crippen molar-refractivity contribution in [2.24, 2.45) is 11.8 Å². The molecule has 0 radical (unpaired) electrons. The number of esters is 1. The summed E-state index contributed by atoms with van der Waals surface area (Å²) in [4.78, 5) is 25.2. The lowest BCUT2D eigenvalue weighted by molar-refractivity contribution is -0.155. The molecule has 1 aliphatic rings. The molecule has 140 valence electrons. The van der Waals surface area contributed by atoms with Gasteiger partial charge in [0.15, 0.2) is 0 Å². The Hall–Kier alpha value is -1.01. The van der Waals surface area contributed by atoms with Crippen molar-refractivity contribution in [2.75, 3.05) is 5.32 Å². The maximum atomic E-state index is 12.7. The molecule has 0 fully saturated rings. The third kappa shape index (κ3) is 5.74. The van der Waals surface area contributed by atoms with Crippen molar-refractivity contribution >= 4 is 68.3 Å². The Labute approximate surface area is 175 Å². The Balaban J connectivity index is 2.09. The second-order valence-corrected chi connectivity index (χ2v) is 8.12. The van der Waals surface area contributed by atoms with E-state index in [1.807, 2.05) is 24.3 Å². The van der Waals surface area contributed by atoms with Gasteiger partial charge in [0.2, 0.25) is 5.91 Å². The minimum absolute atomic E-state index is 0.0446. The van der Waals surface area contributed by atoms with Crippen molar-refractivity contribution in [3.8, 4) is 0 Å². The van der Waals surface area contributed by atoms with Gasteiger partial charge in [-0.2, -0.15) is 0 Å². The predicted molar refractivity (Wildman–Crippen MR) is 108 cm³/mol. The van der Waals surface area contributed by atoms with Gasteiger partial charge in [0.1, 0.15) is 10.6 Å². The first-order valence-electron chi connectivity index (χ1n) is 7.92. The molecule has 2 rings (SSSR count). The number of halogens is 4. The highest BCUT2D eigenvalue weighted by Gasteiger charge is 2.36. The smallest absolute Gasteiger partial charge is 0.310 e. The van der Waals surface area contributed by atoms with Crippen LogP contribution in [-0.2, 0) is 14.3 Å². The minimum atomic E-state index is -0.783. The molecular formula is C18H17BrCl3NO3. The predicted octanol–water partition coefficient (Wildman–Crippen LogP) is 5.79. The number of hydrogen-bond acceptors (Lipinski definition) is 3. The maximum absolute atomic E-state index is 12.7. The fraction of sp³-hybridized carbons (Fsp3) is 0.333. The van der Waals surface area contributed by atoms with Crippen LogP contribution in [0, 0.1) is 11.8 Å². The van der Waals surface area contributed by atoms with Gasteiger partial charge in [-0.15, -0.1) is 0 Å². The zero-order valence-corrected chi connectivity index (χ0v) is 17.7. The lowest BCUT2D eigenvalue weighted by Gasteiger charge is -2.27. The van der Waals surface area contributed by atoms with E-state index in [1.165, 1.54) is 0 Å². The summed E-state index contributed by atoms with van der Waals surface area (Å²) in [5, 5.41) is 2.89. The fourth-order valence-corrected chi connectivity index (χ4v) is 3.38.